The quantitative estimate of drug-likeness (QED) is 0.176. The standard InChI is InChI=1S/C17H31B2O7P.2C8H15BO3/c1-10(2)21-8-14-13(7-17(19)24-14)26-27(5,20)22-9-15-12(23-11(3)4)6-16(18)25-15;1-5(2)11-4-7-6(10)3-8(9)12-7;1-5(2)11-6-3-8(9)12-7(6)4-10/h10-17H,6-9H2,1-5H3;2*5-8,10H,3-4H2,1-2H3/t12?,13?,14-,15-,16-,17-,27?;2*6?,7-,8-/m111/s1. The van der Waals surface area contributed by atoms with Crippen LogP contribution < -0.4 is 0 Å². The summed E-state index contributed by atoms with van der Waals surface area (Å²) in [5.74, 6) is 0. The number of aliphatic hydroxyl groups is 2. The summed E-state index contributed by atoms with van der Waals surface area (Å²) < 4.78 is 68.0. The van der Waals surface area contributed by atoms with Crippen LogP contribution in [0.15, 0.2) is 0 Å². The molecule has 18 heteroatoms. The maximum Gasteiger partial charge on any atom is 0.328 e. The molecule has 0 bridgehead atoms. The van der Waals surface area contributed by atoms with Crippen LogP contribution in [0.3, 0.4) is 0 Å². The lowest BCUT2D eigenvalue weighted by Crippen LogP contribution is -2.32. The third-order valence-electron chi connectivity index (χ3n) is 8.00. The summed E-state index contributed by atoms with van der Waals surface area (Å²) in [7, 11) is 19.4. The first-order valence-corrected chi connectivity index (χ1v) is 20.1. The molecule has 4 rings (SSSR count). The van der Waals surface area contributed by atoms with Crippen LogP contribution in [-0.2, 0) is 51.5 Å². The summed E-state index contributed by atoms with van der Waals surface area (Å²) in [4.78, 5) is 0. The van der Waals surface area contributed by atoms with Crippen LogP contribution in [-0.4, -0.2) is 172 Å². The Balaban J connectivity index is 0.000000309. The lowest BCUT2D eigenvalue weighted by atomic mass is 9.96. The second-order valence-corrected chi connectivity index (χ2v) is 16.5. The van der Waals surface area contributed by atoms with E-state index in [4.69, 9.17) is 83.4 Å². The van der Waals surface area contributed by atoms with Gasteiger partial charge in [0.2, 0.25) is 0 Å². The Morgan fingerprint density at radius 3 is 1.43 bits per heavy atom. The molecule has 0 amide bonds. The average molecular weight is 740 g/mol. The third kappa shape index (κ3) is 18.5. The van der Waals surface area contributed by atoms with Crippen molar-refractivity contribution in [2.24, 2.45) is 0 Å². The predicted octanol–water partition coefficient (Wildman–Crippen LogP) is 2.11. The van der Waals surface area contributed by atoms with Gasteiger partial charge in [0.1, 0.15) is 55.8 Å². The molecule has 5 unspecified atom stereocenters. The first-order chi connectivity index (χ1) is 23.8. The Kier molecular flexibility index (Phi) is 21.4. The molecule has 4 saturated heterocycles. The zero-order chi connectivity index (χ0) is 38.5. The van der Waals surface area contributed by atoms with Gasteiger partial charge in [0.05, 0.1) is 75.3 Å². The summed E-state index contributed by atoms with van der Waals surface area (Å²) in [6.07, 6.45) is 0.137. The highest BCUT2D eigenvalue weighted by Gasteiger charge is 2.40. The molecule has 13 nitrogen and oxygen atoms in total. The van der Waals surface area contributed by atoms with Gasteiger partial charge in [-0.15, -0.1) is 0 Å². The minimum atomic E-state index is -3.35. The smallest absolute Gasteiger partial charge is 0.328 e. The molecule has 4 aliphatic rings. The van der Waals surface area contributed by atoms with Crippen molar-refractivity contribution in [2.75, 3.05) is 33.1 Å². The molecular weight excluding hydrogens is 679 g/mol. The minimum Gasteiger partial charge on any atom is -0.394 e. The lowest BCUT2D eigenvalue weighted by Gasteiger charge is -2.26. The van der Waals surface area contributed by atoms with Crippen LogP contribution >= 0.6 is 7.60 Å². The summed E-state index contributed by atoms with van der Waals surface area (Å²) in [5.41, 5.74) is 0. The highest BCUT2D eigenvalue weighted by molar-refractivity contribution is 7.53. The highest BCUT2D eigenvalue weighted by Crippen LogP contribution is 2.48. The SMILES string of the molecule is [B][C@H]1CC(O)[C@@H](COC(C)C)O1.[B][C@H]1CC(OC(C)C)[C@@H](CO)O1.[B][C@H]1CC(OC(C)C)[C@@H](COP(C)(=O)OC2C[C@H]([B])O[C@@H]2COC(C)C)O1. The molecule has 4 fully saturated rings. The van der Waals surface area contributed by atoms with E-state index in [0.717, 1.165) is 0 Å². The van der Waals surface area contributed by atoms with Gasteiger partial charge < -0.3 is 57.2 Å². The fourth-order valence-corrected chi connectivity index (χ4v) is 6.96. The Labute approximate surface area is 311 Å². The second kappa shape index (κ2) is 23.2. The summed E-state index contributed by atoms with van der Waals surface area (Å²) in [6.45, 7) is 17.8. The van der Waals surface area contributed by atoms with Crippen molar-refractivity contribution in [1.29, 1.82) is 0 Å². The summed E-state index contributed by atoms with van der Waals surface area (Å²) in [5, 5.41) is 18.3. The van der Waals surface area contributed by atoms with E-state index in [2.05, 4.69) is 0 Å². The molecule has 288 valence electrons. The Bertz CT molecular complexity index is 1000. The number of ether oxygens (including phenoxy) is 8. The molecule has 0 aromatic heterocycles. The normalized spacial score (nSPS) is 36.4. The van der Waals surface area contributed by atoms with Crippen LogP contribution in [0.4, 0.5) is 0 Å². The summed E-state index contributed by atoms with van der Waals surface area (Å²) >= 11 is 0. The minimum absolute atomic E-state index is 0.0227. The van der Waals surface area contributed by atoms with Gasteiger partial charge in [-0.1, -0.05) is 0 Å². The molecule has 0 aliphatic carbocycles. The van der Waals surface area contributed by atoms with E-state index < -0.39 is 31.8 Å². The predicted molar refractivity (Wildman–Crippen MR) is 196 cm³/mol. The van der Waals surface area contributed by atoms with Gasteiger partial charge >= 0.3 is 7.60 Å². The van der Waals surface area contributed by atoms with Crippen LogP contribution in [0, 0.1) is 0 Å². The van der Waals surface area contributed by atoms with Crippen LogP contribution in [0.5, 0.6) is 0 Å². The fourth-order valence-electron chi connectivity index (χ4n) is 5.77. The van der Waals surface area contributed by atoms with Crippen molar-refractivity contribution in [3.63, 3.8) is 0 Å². The Morgan fingerprint density at radius 2 is 1.00 bits per heavy atom. The van der Waals surface area contributed by atoms with Crippen molar-refractivity contribution in [3.05, 3.63) is 0 Å². The zero-order valence-corrected chi connectivity index (χ0v) is 32.9. The van der Waals surface area contributed by atoms with E-state index >= 15 is 0 Å². The molecule has 4 heterocycles. The number of hydrogen-bond acceptors (Lipinski definition) is 13. The zero-order valence-electron chi connectivity index (χ0n) is 32.0. The Hall–Kier alpha value is 0.00974. The van der Waals surface area contributed by atoms with Gasteiger partial charge in [-0.25, -0.2) is 0 Å². The monoisotopic (exact) mass is 740 g/mol. The number of hydrogen-bond donors (Lipinski definition) is 2. The van der Waals surface area contributed by atoms with Gasteiger partial charge in [0.15, 0.2) is 0 Å². The molecular formula is C33H61B4O13P. The third-order valence-corrected chi connectivity index (χ3v) is 9.27. The maximum absolute atomic E-state index is 12.8. The van der Waals surface area contributed by atoms with Crippen molar-refractivity contribution in [3.8, 4) is 0 Å². The summed E-state index contributed by atoms with van der Waals surface area (Å²) in [6, 6.07) is -1.51. The van der Waals surface area contributed by atoms with E-state index in [1.165, 1.54) is 6.66 Å². The largest absolute Gasteiger partial charge is 0.394 e. The molecule has 2 N–H and O–H groups in total. The topological polar surface area (TPSA) is 150 Å². The van der Waals surface area contributed by atoms with E-state index in [9.17, 15) is 9.67 Å². The molecule has 13 atom stereocenters. The fraction of sp³-hybridized carbons (Fsp3) is 1.00. The molecule has 4 aliphatic heterocycles. The maximum atomic E-state index is 12.8. The highest BCUT2D eigenvalue weighted by atomic mass is 31.2. The van der Waals surface area contributed by atoms with Gasteiger partial charge in [-0.3, -0.25) is 4.57 Å². The van der Waals surface area contributed by atoms with E-state index in [0.29, 0.717) is 38.9 Å². The second-order valence-electron chi connectivity index (χ2n) is 14.5. The first kappa shape index (κ1) is 47.2. The average Bonchev–Trinajstić information content (AvgIpc) is 3.74. The van der Waals surface area contributed by atoms with E-state index in [1.54, 1.807) is 0 Å². The molecule has 0 aromatic carbocycles. The van der Waals surface area contributed by atoms with Gasteiger partial charge in [-0.2, -0.15) is 0 Å². The van der Waals surface area contributed by atoms with Crippen molar-refractivity contribution >= 4 is 39.0 Å². The van der Waals surface area contributed by atoms with E-state index in [-0.39, 0.29) is 86.3 Å². The molecule has 0 aromatic rings. The van der Waals surface area contributed by atoms with E-state index in [1.807, 2.05) is 55.4 Å². The molecule has 8 radical (unpaired) electrons. The van der Waals surface area contributed by atoms with Crippen LogP contribution in [0.2, 0.25) is 0 Å². The van der Waals surface area contributed by atoms with Gasteiger partial charge in [-0.05, 0) is 81.1 Å². The van der Waals surface area contributed by atoms with Crippen molar-refractivity contribution in [1.82, 2.24) is 0 Å². The van der Waals surface area contributed by atoms with Gasteiger partial charge in [0.25, 0.3) is 0 Å². The van der Waals surface area contributed by atoms with Crippen LogP contribution in [0.25, 0.3) is 0 Å². The molecule has 0 saturated carbocycles. The first-order valence-electron chi connectivity index (χ1n) is 18.2. The number of aliphatic hydroxyl groups excluding tert-OH is 2. The lowest BCUT2D eigenvalue weighted by molar-refractivity contribution is -0.0603. The van der Waals surface area contributed by atoms with Crippen LogP contribution in [0.1, 0.15) is 81.1 Å². The van der Waals surface area contributed by atoms with Crippen molar-refractivity contribution < 1.29 is 61.7 Å². The molecule has 51 heavy (non-hydrogen) atoms. The van der Waals surface area contributed by atoms with Gasteiger partial charge in [0, 0.05) is 30.7 Å². The Morgan fingerprint density at radius 1 is 0.608 bits per heavy atom. The van der Waals surface area contributed by atoms with Crippen molar-refractivity contribution in [2.45, 2.75) is 178 Å². The number of rotatable bonds is 16. The molecule has 0 spiro atoms.